The molecule has 2 fully saturated rings. The van der Waals surface area contributed by atoms with E-state index in [0.717, 1.165) is 42.7 Å². The number of fused-ring (bicyclic) bond motifs is 3. The van der Waals surface area contributed by atoms with E-state index in [-0.39, 0.29) is 23.7 Å². The lowest BCUT2D eigenvalue weighted by atomic mass is 9.67. The van der Waals surface area contributed by atoms with Gasteiger partial charge in [-0.3, -0.25) is 9.59 Å². The van der Waals surface area contributed by atoms with E-state index >= 15 is 0 Å². The Hall–Kier alpha value is -1.89. The minimum absolute atomic E-state index is 0.00630. The Morgan fingerprint density at radius 2 is 1.83 bits per heavy atom. The van der Waals surface area contributed by atoms with E-state index in [9.17, 15) is 18.4 Å². The van der Waals surface area contributed by atoms with Crippen LogP contribution in [0.25, 0.3) is 10.2 Å². The van der Waals surface area contributed by atoms with Gasteiger partial charge in [0.25, 0.3) is 0 Å². The number of carbonyl (C=O) groups excluding carboxylic acids is 2. The molecule has 126 valence electrons. The smallest absolute Gasteiger partial charge is 0.229 e. The average molecular weight is 350 g/mol. The molecule has 1 aromatic heterocycles. The molecule has 1 N–H and O–H groups in total. The van der Waals surface area contributed by atoms with Crippen molar-refractivity contribution in [2.24, 2.45) is 17.8 Å². The zero-order valence-corrected chi connectivity index (χ0v) is 13.7. The number of nitrogens with zero attached hydrogens (tertiary/aromatic N) is 1. The molecule has 0 radical (unpaired) electrons. The first-order valence-corrected chi connectivity index (χ1v) is 8.93. The Balaban J connectivity index is 1.51. The number of Topliss-reactive ketones (excluding diaryl/α,β-unsaturated/α-hetero) is 1. The van der Waals surface area contributed by atoms with Crippen LogP contribution in [0.2, 0.25) is 0 Å². The number of anilines is 1. The molecular formula is C17H16F2N2O2S. The summed E-state index contributed by atoms with van der Waals surface area (Å²) in [6.45, 7) is 0. The van der Waals surface area contributed by atoms with Crippen molar-refractivity contribution in [2.45, 2.75) is 32.1 Å². The fourth-order valence-electron chi connectivity index (χ4n) is 3.88. The maximum Gasteiger partial charge on any atom is 0.229 e. The number of amides is 1. The Bertz CT molecular complexity index is 780. The van der Waals surface area contributed by atoms with Crippen LogP contribution in [0.3, 0.4) is 0 Å². The van der Waals surface area contributed by atoms with E-state index in [1.807, 2.05) is 0 Å². The maximum absolute atomic E-state index is 13.3. The predicted octanol–water partition coefficient (Wildman–Crippen LogP) is 3.91. The molecule has 2 atom stereocenters. The third kappa shape index (κ3) is 2.70. The first-order chi connectivity index (χ1) is 11.5. The molecule has 4 nitrogen and oxygen atoms in total. The highest BCUT2D eigenvalue weighted by Gasteiger charge is 2.41. The fourth-order valence-corrected chi connectivity index (χ4v) is 4.75. The summed E-state index contributed by atoms with van der Waals surface area (Å²) >= 11 is 1.12. The van der Waals surface area contributed by atoms with E-state index in [0.29, 0.717) is 34.0 Å². The molecular weight excluding hydrogens is 334 g/mol. The second-order valence-corrected chi connectivity index (χ2v) is 7.67. The number of rotatable bonds is 2. The van der Waals surface area contributed by atoms with Gasteiger partial charge in [-0.15, -0.1) is 0 Å². The van der Waals surface area contributed by atoms with Crippen molar-refractivity contribution >= 4 is 38.4 Å². The van der Waals surface area contributed by atoms with Crippen molar-refractivity contribution in [3.8, 4) is 0 Å². The number of hydrogen-bond acceptors (Lipinski definition) is 4. The highest BCUT2D eigenvalue weighted by atomic mass is 32.1. The number of benzene rings is 1. The van der Waals surface area contributed by atoms with Crippen LogP contribution in [0, 0.1) is 29.4 Å². The maximum atomic E-state index is 13.3. The molecule has 2 aromatic rings. The van der Waals surface area contributed by atoms with Crippen molar-refractivity contribution < 1.29 is 18.4 Å². The van der Waals surface area contributed by atoms with E-state index < -0.39 is 11.6 Å². The topological polar surface area (TPSA) is 59.1 Å². The van der Waals surface area contributed by atoms with Gasteiger partial charge in [0.05, 0.1) is 10.2 Å². The summed E-state index contributed by atoms with van der Waals surface area (Å²) in [7, 11) is 0. The molecule has 0 spiro atoms. The van der Waals surface area contributed by atoms with Gasteiger partial charge in [-0.2, -0.15) is 0 Å². The summed E-state index contributed by atoms with van der Waals surface area (Å²) in [6, 6.07) is 2.11. The van der Waals surface area contributed by atoms with Gasteiger partial charge in [0.1, 0.15) is 5.78 Å². The number of nitrogens with one attached hydrogen (secondary N) is 1. The van der Waals surface area contributed by atoms with Gasteiger partial charge in [-0.1, -0.05) is 17.8 Å². The summed E-state index contributed by atoms with van der Waals surface area (Å²) in [6.07, 6.45) is 3.99. The normalized spacial score (nSPS) is 26.6. The van der Waals surface area contributed by atoms with Crippen molar-refractivity contribution in [1.82, 2.24) is 4.98 Å². The fraction of sp³-hybridized carbons (Fsp3) is 0.471. The Labute approximate surface area is 141 Å². The highest BCUT2D eigenvalue weighted by Crippen LogP contribution is 2.40. The molecule has 2 unspecified atom stereocenters. The molecule has 1 heterocycles. The van der Waals surface area contributed by atoms with Gasteiger partial charge in [-0.05, 0) is 31.7 Å². The summed E-state index contributed by atoms with van der Waals surface area (Å²) in [5, 5.41) is 3.09. The molecule has 1 aromatic carbocycles. The van der Waals surface area contributed by atoms with Crippen LogP contribution in [0.15, 0.2) is 12.1 Å². The molecule has 2 saturated carbocycles. The number of hydrogen-bond donors (Lipinski definition) is 1. The number of carbonyl (C=O) groups is 2. The van der Waals surface area contributed by atoms with Crippen LogP contribution in [0.5, 0.6) is 0 Å². The molecule has 4 rings (SSSR count). The SMILES string of the molecule is O=C(Nc1nc2cc(F)c(F)cc2s1)C1CC2CCCC(C1)C2=O. The number of ketones is 1. The van der Waals surface area contributed by atoms with Gasteiger partial charge in [0.2, 0.25) is 5.91 Å². The zero-order valence-electron chi connectivity index (χ0n) is 12.9. The largest absolute Gasteiger partial charge is 0.302 e. The lowest BCUT2D eigenvalue weighted by molar-refractivity contribution is -0.136. The molecule has 0 aliphatic heterocycles. The molecule has 7 heteroatoms. The lowest BCUT2D eigenvalue weighted by Gasteiger charge is -2.36. The molecule has 24 heavy (non-hydrogen) atoms. The summed E-state index contributed by atoms with van der Waals surface area (Å²) < 4.78 is 27.0. The second-order valence-electron chi connectivity index (χ2n) is 6.64. The van der Waals surface area contributed by atoms with Crippen LogP contribution < -0.4 is 5.32 Å². The molecule has 0 saturated heterocycles. The van der Waals surface area contributed by atoms with E-state index in [1.165, 1.54) is 0 Å². The van der Waals surface area contributed by atoms with Crippen molar-refractivity contribution in [3.63, 3.8) is 0 Å². The van der Waals surface area contributed by atoms with Crippen LogP contribution in [-0.4, -0.2) is 16.7 Å². The van der Waals surface area contributed by atoms with Crippen LogP contribution in [0.4, 0.5) is 13.9 Å². The van der Waals surface area contributed by atoms with E-state index in [1.54, 1.807) is 0 Å². The Morgan fingerprint density at radius 3 is 2.54 bits per heavy atom. The first-order valence-electron chi connectivity index (χ1n) is 8.11. The van der Waals surface area contributed by atoms with Gasteiger partial charge < -0.3 is 5.32 Å². The quantitative estimate of drug-likeness (QED) is 0.893. The van der Waals surface area contributed by atoms with Crippen molar-refractivity contribution in [2.75, 3.05) is 5.32 Å². The predicted molar refractivity (Wildman–Crippen MR) is 86.7 cm³/mol. The summed E-state index contributed by atoms with van der Waals surface area (Å²) in [4.78, 5) is 28.8. The van der Waals surface area contributed by atoms with E-state index in [4.69, 9.17) is 0 Å². The standard InChI is InChI=1S/C17H16F2N2O2S/c18-11-6-13-14(7-12(11)19)24-17(20-13)21-16(23)10-4-8-2-1-3-9(5-10)15(8)22/h6-10H,1-5H2,(H,20,21,23). The van der Waals surface area contributed by atoms with Gasteiger partial charge in [0.15, 0.2) is 16.8 Å². The van der Waals surface area contributed by atoms with E-state index in [2.05, 4.69) is 10.3 Å². The summed E-state index contributed by atoms with van der Waals surface area (Å²) in [5.41, 5.74) is 0.324. The number of aromatic nitrogens is 1. The minimum atomic E-state index is -0.954. The van der Waals surface area contributed by atoms with Gasteiger partial charge in [-0.25, -0.2) is 13.8 Å². The first kappa shape index (κ1) is 15.6. The van der Waals surface area contributed by atoms with Crippen molar-refractivity contribution in [3.05, 3.63) is 23.8 Å². The molecule has 2 aliphatic rings. The second kappa shape index (κ2) is 5.88. The number of halogens is 2. The van der Waals surface area contributed by atoms with Crippen LogP contribution >= 0.6 is 11.3 Å². The molecule has 1 amide bonds. The minimum Gasteiger partial charge on any atom is -0.302 e. The van der Waals surface area contributed by atoms with Gasteiger partial charge in [0, 0.05) is 23.8 Å². The van der Waals surface area contributed by atoms with Crippen LogP contribution in [0.1, 0.15) is 32.1 Å². The Kier molecular flexibility index (Phi) is 3.83. The average Bonchev–Trinajstić information content (AvgIpc) is 2.88. The third-order valence-electron chi connectivity index (χ3n) is 5.08. The Morgan fingerprint density at radius 1 is 1.17 bits per heavy atom. The zero-order chi connectivity index (χ0) is 16.8. The van der Waals surface area contributed by atoms with Crippen LogP contribution in [-0.2, 0) is 9.59 Å². The number of thiazole rings is 1. The third-order valence-corrected chi connectivity index (χ3v) is 6.01. The summed E-state index contributed by atoms with van der Waals surface area (Å²) in [5.74, 6) is -1.90. The highest BCUT2D eigenvalue weighted by molar-refractivity contribution is 7.22. The van der Waals surface area contributed by atoms with Gasteiger partial charge >= 0.3 is 0 Å². The molecule has 2 aliphatic carbocycles. The lowest BCUT2D eigenvalue weighted by Crippen LogP contribution is -2.40. The monoisotopic (exact) mass is 350 g/mol. The van der Waals surface area contributed by atoms with Crippen molar-refractivity contribution in [1.29, 1.82) is 0 Å². The molecule has 2 bridgehead atoms.